The van der Waals surface area contributed by atoms with E-state index in [1.165, 1.54) is 0 Å². The number of ketones is 6. The number of aliphatic carboxylic acids is 4. The summed E-state index contributed by atoms with van der Waals surface area (Å²) >= 11 is 0. The van der Waals surface area contributed by atoms with Gasteiger partial charge in [-0.15, -0.1) is 0 Å². The Morgan fingerprint density at radius 3 is 0.622 bits per heavy atom. The first-order valence-corrected chi connectivity index (χ1v) is 41.0. The summed E-state index contributed by atoms with van der Waals surface area (Å²) in [6.07, 6.45) is 0.165. The van der Waals surface area contributed by atoms with Gasteiger partial charge in [-0.05, 0) is 119 Å². The van der Waals surface area contributed by atoms with Crippen LogP contribution in [0.25, 0.3) is 0 Å². The van der Waals surface area contributed by atoms with Gasteiger partial charge in [0.05, 0.1) is 36.3 Å². The second kappa shape index (κ2) is 55.9. The summed E-state index contributed by atoms with van der Waals surface area (Å²) in [5, 5.41) is 56.0. The third-order valence-electron chi connectivity index (χ3n) is 22.7. The lowest BCUT2D eigenvalue weighted by atomic mass is 9.84. The first-order valence-electron chi connectivity index (χ1n) is 41.0. The van der Waals surface area contributed by atoms with Crippen LogP contribution in [0.15, 0.2) is 0 Å². The molecule has 0 aromatic rings. The molecule has 30 heteroatoms. The number of rotatable bonds is 66. The second-order valence-electron chi connectivity index (χ2n) is 31.3. The van der Waals surface area contributed by atoms with E-state index in [2.05, 4.69) is 31.9 Å². The van der Waals surface area contributed by atoms with Gasteiger partial charge in [0, 0.05) is 93.3 Å². The van der Waals surface area contributed by atoms with Crippen LogP contribution in [-0.4, -0.2) is 176 Å². The highest BCUT2D eigenvalue weighted by atomic mass is 16.4. The molecule has 0 fully saturated rings. The molecule has 0 saturated carbocycles. The average Bonchev–Trinajstić information content (AvgIpc) is 0.845. The summed E-state index contributed by atoms with van der Waals surface area (Å²) in [5.74, 6) is -23.6. The van der Waals surface area contributed by atoms with Crippen molar-refractivity contribution in [3.8, 4) is 0 Å². The van der Waals surface area contributed by atoms with Crippen LogP contribution in [0, 0.1) is 76.9 Å². The number of carboxylic acid groups (broad SMARTS) is 4. The van der Waals surface area contributed by atoms with E-state index in [-0.39, 0.29) is 70.4 Å². The first kappa shape index (κ1) is 104. The number of nitrogens with one attached hydrogen (secondary N) is 6. The number of amides is 6. The fraction of sp³-hybridized carbons (Fsp3) is 0.802. The fourth-order valence-corrected chi connectivity index (χ4v) is 13.4. The molecule has 0 bridgehead atoms. The van der Waals surface area contributed by atoms with E-state index in [1.807, 2.05) is 6.92 Å². The Morgan fingerprint density at radius 1 is 0.261 bits per heavy atom. The first-order chi connectivity index (χ1) is 52.2. The predicted molar refractivity (Wildman–Crippen MR) is 421 cm³/mol. The molecule has 0 radical (unpaired) electrons. The summed E-state index contributed by atoms with van der Waals surface area (Å²) in [6, 6.07) is -8.46. The standard InChI is InChI=1S/C81H142N10O20/c1-15-46(8)68(85)59(92)40-56(31-34-65(98)99)78(107)88-69(47(9)16-2)60(93)41-53(28-22-25-37-82)75(104)86-72(50(12)19-5)63(96)44-57(32-35-66(100)101)79(108)89-70(48(10)17-3)61(94)42-54(29-23-26-38-83)76(105)87-73(51(13)20-6)64(97)45-58(33-36-67(102)103)80(109)90-71(49(11)18-4)62(95)43-55(30-24-27-39-84)77(106)91-74(81(110)111)52(14)21-7/h46-58,68-74H,15-45,82-85H2,1-14H3,(H,86,104)(H,87,105)(H,88,107)(H,89,108)(H,90,109)(H,91,106)(H,98,99)(H,100,101)(H,102,103)(H,110,111)/t46-,47-,48-,49-,50-,51-,52-,53+,54+,55+,56+,57+,58+,68-,69-,70-,71-,72-,73-,74-/m0/s1. The summed E-state index contributed by atoms with van der Waals surface area (Å²) in [7, 11) is 0. The van der Waals surface area contributed by atoms with Crippen molar-refractivity contribution in [1.82, 2.24) is 31.9 Å². The van der Waals surface area contributed by atoms with Crippen molar-refractivity contribution in [2.45, 2.75) is 319 Å². The van der Waals surface area contributed by atoms with Crippen molar-refractivity contribution in [3.05, 3.63) is 0 Å². The van der Waals surface area contributed by atoms with Crippen molar-refractivity contribution in [2.75, 3.05) is 19.6 Å². The third-order valence-corrected chi connectivity index (χ3v) is 22.7. The molecule has 6 amide bonds. The van der Waals surface area contributed by atoms with E-state index >= 15 is 0 Å². The minimum Gasteiger partial charge on any atom is -0.481 e. The Balaban J connectivity index is 7.40. The second-order valence-corrected chi connectivity index (χ2v) is 31.3. The maximum absolute atomic E-state index is 14.9. The lowest BCUT2D eigenvalue weighted by molar-refractivity contribution is -0.144. The van der Waals surface area contributed by atoms with Gasteiger partial charge in [0.25, 0.3) is 0 Å². The zero-order valence-electron chi connectivity index (χ0n) is 69.1. The van der Waals surface area contributed by atoms with E-state index in [4.69, 9.17) is 22.9 Å². The number of carbonyl (C=O) groups is 16. The highest BCUT2D eigenvalue weighted by Crippen LogP contribution is 2.29. The lowest BCUT2D eigenvalue weighted by Gasteiger charge is -2.30. The summed E-state index contributed by atoms with van der Waals surface area (Å²) in [6.45, 7) is 25.2. The van der Waals surface area contributed by atoms with Crippen LogP contribution in [-0.2, 0) is 76.7 Å². The summed E-state index contributed by atoms with van der Waals surface area (Å²) in [4.78, 5) is 222. The average molecular weight is 1580 g/mol. The summed E-state index contributed by atoms with van der Waals surface area (Å²) in [5.41, 5.74) is 23.7. The molecule has 0 rings (SSSR count). The van der Waals surface area contributed by atoms with E-state index in [9.17, 15) is 97.1 Å². The fourth-order valence-electron chi connectivity index (χ4n) is 13.4. The van der Waals surface area contributed by atoms with Gasteiger partial charge in [-0.1, -0.05) is 161 Å². The molecule has 30 nitrogen and oxygen atoms in total. The van der Waals surface area contributed by atoms with Crippen LogP contribution in [0.5, 0.6) is 0 Å². The minimum atomic E-state index is -1.39. The molecule has 0 aliphatic carbocycles. The zero-order valence-corrected chi connectivity index (χ0v) is 69.1. The maximum atomic E-state index is 14.9. The number of carboxylic acids is 4. The molecule has 0 saturated heterocycles. The molecular formula is C81H142N10O20. The van der Waals surface area contributed by atoms with Gasteiger partial charge >= 0.3 is 23.9 Å². The number of carbonyl (C=O) groups excluding carboxylic acids is 12. The molecule has 20 atom stereocenters. The number of nitrogens with two attached hydrogens (primary N) is 4. The Bertz CT molecular complexity index is 2990. The summed E-state index contributed by atoms with van der Waals surface area (Å²) < 4.78 is 0. The SMILES string of the molecule is CC[C@H](C)[C@H](N)C(=O)C[C@@H](CCC(=O)O)C(=O)N[C@H](C(=O)C[C@@H](CCCCN)C(=O)N[C@H](C(=O)C[C@@H](CCC(=O)O)C(=O)N[C@H](C(=O)C[C@@H](CCCCN)C(=O)N[C@H](C(=O)C[C@@H](CCC(=O)O)C(=O)N[C@H](C(=O)C[C@@H](CCCCN)C(=O)N[C@H](C(=O)O)[C@@H](C)CC)[C@@H](C)CC)[C@@H](C)CC)[C@@H](C)CC)[C@@H](C)CC)[C@@H](C)CC. The number of unbranched alkanes of at least 4 members (excludes halogenated alkanes) is 3. The Labute approximate surface area is 658 Å². The van der Waals surface area contributed by atoms with E-state index in [0.29, 0.717) is 90.0 Å². The van der Waals surface area contributed by atoms with Gasteiger partial charge in [-0.2, -0.15) is 0 Å². The van der Waals surface area contributed by atoms with Crippen molar-refractivity contribution in [1.29, 1.82) is 0 Å². The third kappa shape index (κ3) is 38.3. The monoisotopic (exact) mass is 1580 g/mol. The van der Waals surface area contributed by atoms with Crippen LogP contribution in [0.3, 0.4) is 0 Å². The highest BCUT2D eigenvalue weighted by Gasteiger charge is 2.41. The van der Waals surface area contributed by atoms with Gasteiger partial charge in [0.2, 0.25) is 35.4 Å². The molecule has 0 heterocycles. The van der Waals surface area contributed by atoms with Crippen molar-refractivity contribution in [3.63, 3.8) is 0 Å². The molecule has 0 spiro atoms. The Hall–Kier alpha value is -7.44. The molecule has 18 N–H and O–H groups in total. The van der Waals surface area contributed by atoms with Gasteiger partial charge in [0.15, 0.2) is 34.7 Å². The van der Waals surface area contributed by atoms with Crippen LogP contribution in [0.1, 0.15) is 277 Å². The van der Waals surface area contributed by atoms with Crippen LogP contribution in [0.2, 0.25) is 0 Å². The Morgan fingerprint density at radius 2 is 0.441 bits per heavy atom. The zero-order chi connectivity index (χ0) is 84.9. The predicted octanol–water partition coefficient (Wildman–Crippen LogP) is 7.06. The molecule has 636 valence electrons. The number of hydrogen-bond acceptors (Lipinski definition) is 20. The van der Waals surface area contributed by atoms with Crippen molar-refractivity contribution in [2.24, 2.45) is 99.9 Å². The molecule has 0 aromatic heterocycles. The van der Waals surface area contributed by atoms with E-state index in [1.54, 1.807) is 90.0 Å². The lowest BCUT2D eigenvalue weighted by Crippen LogP contribution is -2.52. The normalized spacial score (nSPS) is 17.0. The molecule has 0 aliphatic rings. The molecule has 111 heavy (non-hydrogen) atoms. The van der Waals surface area contributed by atoms with E-state index in [0.717, 1.165) is 0 Å². The largest absolute Gasteiger partial charge is 0.481 e. The highest BCUT2D eigenvalue weighted by molar-refractivity contribution is 6.00. The number of Topliss-reactive ketones (excluding diaryl/α,β-unsaturated/α-hetero) is 6. The van der Waals surface area contributed by atoms with Crippen LogP contribution >= 0.6 is 0 Å². The topological polar surface area (TPSA) is 530 Å². The molecular weight excluding hydrogens is 1430 g/mol. The Kier molecular flexibility index (Phi) is 52.2. The van der Waals surface area contributed by atoms with Gasteiger partial charge < -0.3 is 75.3 Å². The van der Waals surface area contributed by atoms with Crippen LogP contribution < -0.4 is 54.8 Å². The molecule has 0 aromatic carbocycles. The van der Waals surface area contributed by atoms with Crippen molar-refractivity contribution < 1.29 is 97.1 Å². The maximum Gasteiger partial charge on any atom is 0.326 e. The van der Waals surface area contributed by atoms with Crippen LogP contribution in [0.4, 0.5) is 0 Å². The number of hydrogen-bond donors (Lipinski definition) is 14. The van der Waals surface area contributed by atoms with Crippen molar-refractivity contribution >= 4 is 94.0 Å². The van der Waals surface area contributed by atoms with E-state index < -0.39 is 252 Å². The van der Waals surface area contributed by atoms with Gasteiger partial charge in [-0.3, -0.25) is 71.9 Å². The quantitative estimate of drug-likeness (QED) is 0.0271. The molecule has 0 unspecified atom stereocenters. The van der Waals surface area contributed by atoms with Gasteiger partial charge in [0.1, 0.15) is 6.04 Å². The minimum absolute atomic E-state index is 0.0730. The van der Waals surface area contributed by atoms with Gasteiger partial charge in [-0.25, -0.2) is 4.79 Å². The molecule has 0 aliphatic heterocycles. The smallest absolute Gasteiger partial charge is 0.326 e.